The lowest BCUT2D eigenvalue weighted by Gasteiger charge is -2.10. The average Bonchev–Trinajstić information content (AvgIpc) is 2.73. The molecule has 0 aliphatic rings. The quantitative estimate of drug-likeness (QED) is 0.638. The predicted octanol–water partition coefficient (Wildman–Crippen LogP) is 5.33. The lowest BCUT2D eigenvalue weighted by molar-refractivity contribution is 0.586. The van der Waals surface area contributed by atoms with Gasteiger partial charge in [-0.1, -0.05) is 11.6 Å². The van der Waals surface area contributed by atoms with Crippen LogP contribution in [0.3, 0.4) is 0 Å². The molecule has 3 rings (SSSR count). The highest BCUT2D eigenvalue weighted by atomic mass is 35.5. The van der Waals surface area contributed by atoms with E-state index in [2.05, 4.69) is 15.3 Å². The van der Waals surface area contributed by atoms with E-state index >= 15 is 0 Å². The Labute approximate surface area is 132 Å². The largest absolute Gasteiger partial charge is 0.336 e. The van der Waals surface area contributed by atoms with E-state index < -0.39 is 11.6 Å². The van der Waals surface area contributed by atoms with Gasteiger partial charge in [0.1, 0.15) is 16.5 Å². The van der Waals surface area contributed by atoms with Crippen LogP contribution in [0.15, 0.2) is 18.2 Å². The fourth-order valence-electron chi connectivity index (χ4n) is 1.89. The van der Waals surface area contributed by atoms with E-state index in [4.69, 9.17) is 23.2 Å². The molecule has 0 fully saturated rings. The SMILES string of the molecule is Cc1cc2c(Nc3c(F)cc(F)cc3Cl)nc(Cl)nc2s1. The summed E-state index contributed by atoms with van der Waals surface area (Å²) in [5.74, 6) is -1.24. The van der Waals surface area contributed by atoms with Gasteiger partial charge in [-0.3, -0.25) is 0 Å². The number of nitrogens with one attached hydrogen (secondary N) is 1. The molecule has 0 aliphatic carbocycles. The molecule has 0 saturated carbocycles. The van der Waals surface area contributed by atoms with Crippen LogP contribution in [0.25, 0.3) is 10.2 Å². The topological polar surface area (TPSA) is 37.8 Å². The van der Waals surface area contributed by atoms with Gasteiger partial charge in [0.2, 0.25) is 5.28 Å². The van der Waals surface area contributed by atoms with Gasteiger partial charge in [0.25, 0.3) is 0 Å². The molecule has 108 valence electrons. The van der Waals surface area contributed by atoms with Crippen molar-refractivity contribution in [3.05, 3.63) is 45.0 Å². The molecule has 0 bridgehead atoms. The second-order valence-corrected chi connectivity index (χ2v) is 6.27. The second kappa shape index (κ2) is 5.36. The van der Waals surface area contributed by atoms with Crippen LogP contribution >= 0.6 is 34.5 Å². The Kier molecular flexibility index (Phi) is 3.69. The van der Waals surface area contributed by atoms with E-state index in [1.165, 1.54) is 11.3 Å². The van der Waals surface area contributed by atoms with Crippen molar-refractivity contribution in [2.75, 3.05) is 5.32 Å². The number of rotatable bonds is 2. The fraction of sp³-hybridized carbons (Fsp3) is 0.0769. The third-order valence-electron chi connectivity index (χ3n) is 2.74. The fourth-order valence-corrected chi connectivity index (χ4v) is 3.23. The summed E-state index contributed by atoms with van der Waals surface area (Å²) in [6.07, 6.45) is 0. The number of halogens is 4. The van der Waals surface area contributed by atoms with Crippen molar-refractivity contribution in [3.63, 3.8) is 0 Å². The molecule has 21 heavy (non-hydrogen) atoms. The minimum Gasteiger partial charge on any atom is -0.336 e. The third kappa shape index (κ3) is 2.79. The highest BCUT2D eigenvalue weighted by Crippen LogP contribution is 2.34. The number of hydrogen-bond acceptors (Lipinski definition) is 4. The Hall–Kier alpha value is -1.50. The molecule has 2 aromatic heterocycles. The van der Waals surface area contributed by atoms with Crippen LogP contribution in [0.5, 0.6) is 0 Å². The molecule has 1 aromatic carbocycles. The Morgan fingerprint density at radius 1 is 1.14 bits per heavy atom. The van der Waals surface area contributed by atoms with E-state index in [9.17, 15) is 8.78 Å². The Bertz CT molecular complexity index is 828. The van der Waals surface area contributed by atoms with Gasteiger partial charge in [-0.15, -0.1) is 11.3 Å². The first-order valence-corrected chi connectivity index (χ1v) is 7.36. The number of anilines is 2. The molecule has 8 heteroatoms. The van der Waals surface area contributed by atoms with Gasteiger partial charge < -0.3 is 5.32 Å². The molecule has 0 spiro atoms. The predicted molar refractivity (Wildman–Crippen MR) is 81.8 cm³/mol. The maximum absolute atomic E-state index is 13.8. The van der Waals surface area contributed by atoms with Crippen molar-refractivity contribution in [1.29, 1.82) is 0 Å². The van der Waals surface area contributed by atoms with Crippen LogP contribution in [-0.4, -0.2) is 9.97 Å². The zero-order valence-corrected chi connectivity index (χ0v) is 12.9. The van der Waals surface area contributed by atoms with Gasteiger partial charge in [-0.05, 0) is 30.7 Å². The smallest absolute Gasteiger partial charge is 0.225 e. The molecule has 1 N–H and O–H groups in total. The summed E-state index contributed by atoms with van der Waals surface area (Å²) in [4.78, 5) is 9.83. The number of nitrogens with zero attached hydrogens (tertiary/aromatic N) is 2. The van der Waals surface area contributed by atoms with Crippen molar-refractivity contribution in [2.24, 2.45) is 0 Å². The molecule has 3 aromatic rings. The number of aryl methyl sites for hydroxylation is 1. The van der Waals surface area contributed by atoms with Crippen molar-refractivity contribution in [3.8, 4) is 0 Å². The summed E-state index contributed by atoms with van der Waals surface area (Å²) in [5.41, 5.74) is -0.0574. The van der Waals surface area contributed by atoms with E-state index in [0.29, 0.717) is 16.0 Å². The van der Waals surface area contributed by atoms with Crippen molar-refractivity contribution >= 4 is 56.3 Å². The zero-order valence-electron chi connectivity index (χ0n) is 10.5. The number of aromatic nitrogens is 2. The van der Waals surface area contributed by atoms with Crippen LogP contribution in [-0.2, 0) is 0 Å². The Morgan fingerprint density at radius 3 is 2.62 bits per heavy atom. The van der Waals surface area contributed by atoms with Crippen LogP contribution < -0.4 is 5.32 Å². The minimum absolute atomic E-state index is 0.0329. The van der Waals surface area contributed by atoms with Crippen molar-refractivity contribution in [1.82, 2.24) is 9.97 Å². The van der Waals surface area contributed by atoms with Crippen LogP contribution in [0.4, 0.5) is 20.3 Å². The maximum atomic E-state index is 13.8. The van der Waals surface area contributed by atoms with Gasteiger partial charge in [-0.25, -0.2) is 13.8 Å². The molecule has 0 saturated heterocycles. The zero-order chi connectivity index (χ0) is 15.1. The van der Waals surface area contributed by atoms with Crippen LogP contribution in [0, 0.1) is 18.6 Å². The molecule has 0 aliphatic heterocycles. The van der Waals surface area contributed by atoms with E-state index in [1.807, 2.05) is 13.0 Å². The van der Waals surface area contributed by atoms with E-state index in [0.717, 1.165) is 17.0 Å². The molecule has 0 radical (unpaired) electrons. The Morgan fingerprint density at radius 2 is 1.90 bits per heavy atom. The van der Waals surface area contributed by atoms with E-state index in [1.54, 1.807) is 0 Å². The molecule has 2 heterocycles. The van der Waals surface area contributed by atoms with Crippen molar-refractivity contribution < 1.29 is 8.78 Å². The van der Waals surface area contributed by atoms with Gasteiger partial charge in [0, 0.05) is 10.9 Å². The maximum Gasteiger partial charge on any atom is 0.225 e. The molecule has 0 amide bonds. The van der Waals surface area contributed by atoms with Gasteiger partial charge >= 0.3 is 0 Å². The van der Waals surface area contributed by atoms with Gasteiger partial charge in [0.15, 0.2) is 5.82 Å². The summed E-state index contributed by atoms with van der Waals surface area (Å²) in [6.45, 7) is 1.91. The van der Waals surface area contributed by atoms with Gasteiger partial charge in [0.05, 0.1) is 16.1 Å². The third-order valence-corrected chi connectivity index (χ3v) is 4.15. The average molecular weight is 346 g/mol. The number of hydrogen-bond donors (Lipinski definition) is 1. The Balaban J connectivity index is 2.14. The highest BCUT2D eigenvalue weighted by molar-refractivity contribution is 7.18. The monoisotopic (exact) mass is 345 g/mol. The summed E-state index contributed by atoms with van der Waals surface area (Å²) in [5, 5.41) is 3.41. The summed E-state index contributed by atoms with van der Waals surface area (Å²) >= 11 is 13.2. The van der Waals surface area contributed by atoms with Crippen LogP contribution in [0.2, 0.25) is 10.3 Å². The number of benzene rings is 1. The molecular formula is C13H7Cl2F2N3S. The highest BCUT2D eigenvalue weighted by Gasteiger charge is 2.15. The second-order valence-electron chi connectivity index (χ2n) is 4.29. The number of fused-ring (bicyclic) bond motifs is 1. The molecule has 0 atom stereocenters. The van der Waals surface area contributed by atoms with Crippen LogP contribution in [0.1, 0.15) is 4.88 Å². The summed E-state index contributed by atoms with van der Waals surface area (Å²) in [7, 11) is 0. The number of thiophene rings is 1. The standard InChI is InChI=1S/C13H7Cl2F2N3S/c1-5-2-7-11(19-13(15)20-12(7)21-5)18-10-8(14)3-6(16)4-9(10)17/h2-4H,1H3,(H,18,19,20). The molecule has 0 unspecified atom stereocenters. The molecular weight excluding hydrogens is 339 g/mol. The first-order chi connectivity index (χ1) is 9.94. The minimum atomic E-state index is -0.810. The summed E-state index contributed by atoms with van der Waals surface area (Å²) < 4.78 is 26.9. The van der Waals surface area contributed by atoms with Crippen molar-refractivity contribution in [2.45, 2.75) is 6.92 Å². The first-order valence-electron chi connectivity index (χ1n) is 5.79. The van der Waals surface area contributed by atoms with E-state index in [-0.39, 0.29) is 16.0 Å². The summed E-state index contributed by atoms with van der Waals surface area (Å²) in [6, 6.07) is 3.62. The lowest BCUT2D eigenvalue weighted by Crippen LogP contribution is -1.99. The normalized spacial score (nSPS) is 11.1. The molecule has 3 nitrogen and oxygen atoms in total. The first kappa shape index (κ1) is 14.4. The van der Waals surface area contributed by atoms with Gasteiger partial charge in [-0.2, -0.15) is 4.98 Å². The lowest BCUT2D eigenvalue weighted by atomic mass is 10.2.